The van der Waals surface area contributed by atoms with Crippen molar-refractivity contribution < 1.29 is 4.74 Å². The molecule has 0 spiro atoms. The van der Waals surface area contributed by atoms with Crippen LogP contribution in [0.25, 0.3) is 0 Å². The summed E-state index contributed by atoms with van der Waals surface area (Å²) in [6.07, 6.45) is 8.32. The van der Waals surface area contributed by atoms with E-state index in [9.17, 15) is 0 Å². The van der Waals surface area contributed by atoms with Gasteiger partial charge in [0.1, 0.15) is 0 Å². The molecule has 1 N–H and O–H groups in total. The highest BCUT2D eigenvalue weighted by Gasteiger charge is 2.21. The second kappa shape index (κ2) is 8.92. The van der Waals surface area contributed by atoms with Gasteiger partial charge in [-0.1, -0.05) is 73.7 Å². The van der Waals surface area contributed by atoms with Gasteiger partial charge in [-0.15, -0.1) is 0 Å². The third-order valence-corrected chi connectivity index (χ3v) is 4.84. The molecule has 1 unspecified atom stereocenters. The molecule has 1 aromatic rings. The first-order valence-electron chi connectivity index (χ1n) is 8.30. The average molecular weight is 354 g/mol. The van der Waals surface area contributed by atoms with Crippen molar-refractivity contribution in [1.29, 1.82) is 0 Å². The summed E-state index contributed by atoms with van der Waals surface area (Å²) < 4.78 is 7.64. The molecule has 1 aliphatic carbocycles. The van der Waals surface area contributed by atoms with E-state index in [0.717, 1.165) is 11.0 Å². The molecule has 118 valence electrons. The van der Waals surface area contributed by atoms with Gasteiger partial charge in [-0.05, 0) is 24.5 Å². The van der Waals surface area contributed by atoms with Crippen molar-refractivity contribution in [1.82, 2.24) is 5.32 Å². The fourth-order valence-corrected chi connectivity index (χ4v) is 3.46. The minimum absolute atomic E-state index is 0.131. The maximum Gasteiger partial charge on any atom is 0.0963 e. The first-order valence-corrected chi connectivity index (χ1v) is 9.09. The van der Waals surface area contributed by atoms with Crippen LogP contribution in [0, 0.1) is 0 Å². The van der Waals surface area contributed by atoms with Crippen LogP contribution in [0.1, 0.15) is 64.0 Å². The predicted molar refractivity (Wildman–Crippen MR) is 92.6 cm³/mol. The molecular weight excluding hydrogens is 326 g/mol. The molecule has 0 saturated heterocycles. The second-order valence-electron chi connectivity index (χ2n) is 6.32. The zero-order valence-electron chi connectivity index (χ0n) is 13.3. The van der Waals surface area contributed by atoms with Gasteiger partial charge in [-0.2, -0.15) is 0 Å². The van der Waals surface area contributed by atoms with Gasteiger partial charge in [0.15, 0.2) is 0 Å². The Bertz CT molecular complexity index is 413. The Morgan fingerprint density at radius 2 is 1.81 bits per heavy atom. The molecule has 1 fully saturated rings. The van der Waals surface area contributed by atoms with E-state index in [1.165, 1.54) is 44.1 Å². The lowest BCUT2D eigenvalue weighted by Gasteiger charge is -2.26. The summed E-state index contributed by atoms with van der Waals surface area (Å²) in [6, 6.07) is 8.92. The van der Waals surface area contributed by atoms with Gasteiger partial charge in [0, 0.05) is 17.1 Å². The van der Waals surface area contributed by atoms with Crippen LogP contribution in [0.2, 0.25) is 0 Å². The molecule has 1 aliphatic rings. The molecule has 1 atom stereocenters. The first-order chi connectivity index (χ1) is 10.2. The van der Waals surface area contributed by atoms with Gasteiger partial charge < -0.3 is 10.1 Å². The minimum atomic E-state index is 0.131. The van der Waals surface area contributed by atoms with Crippen LogP contribution in [0.15, 0.2) is 28.7 Å². The molecule has 2 rings (SSSR count). The van der Waals surface area contributed by atoms with Crippen molar-refractivity contribution in [2.45, 2.75) is 70.6 Å². The molecule has 0 radical (unpaired) electrons. The van der Waals surface area contributed by atoms with Crippen LogP contribution in [-0.4, -0.2) is 18.7 Å². The van der Waals surface area contributed by atoms with Crippen LogP contribution in [0.3, 0.4) is 0 Å². The van der Waals surface area contributed by atoms with Crippen molar-refractivity contribution >= 4 is 15.9 Å². The molecule has 0 amide bonds. The highest BCUT2D eigenvalue weighted by Crippen LogP contribution is 2.30. The van der Waals surface area contributed by atoms with E-state index in [-0.39, 0.29) is 6.10 Å². The maximum absolute atomic E-state index is 6.50. The van der Waals surface area contributed by atoms with Crippen LogP contribution >= 0.6 is 15.9 Å². The molecule has 3 heteroatoms. The van der Waals surface area contributed by atoms with E-state index >= 15 is 0 Å². The zero-order valence-corrected chi connectivity index (χ0v) is 14.9. The quantitative estimate of drug-likeness (QED) is 0.707. The Kier molecular flexibility index (Phi) is 7.21. The number of rotatable bonds is 6. The molecule has 0 aliphatic heterocycles. The van der Waals surface area contributed by atoms with Crippen LogP contribution in [0.5, 0.6) is 0 Å². The lowest BCUT2D eigenvalue weighted by molar-refractivity contribution is -0.0212. The Hall–Kier alpha value is -0.380. The third-order valence-electron chi connectivity index (χ3n) is 4.12. The zero-order chi connectivity index (χ0) is 15.1. The van der Waals surface area contributed by atoms with E-state index in [0.29, 0.717) is 12.1 Å². The maximum atomic E-state index is 6.50. The van der Waals surface area contributed by atoms with Gasteiger partial charge in [-0.25, -0.2) is 0 Å². The summed E-state index contributed by atoms with van der Waals surface area (Å²) in [7, 11) is 0. The minimum Gasteiger partial charge on any atom is -0.369 e. The summed E-state index contributed by atoms with van der Waals surface area (Å²) in [5, 5.41) is 3.53. The molecule has 1 aromatic carbocycles. The fraction of sp³-hybridized carbons (Fsp3) is 0.667. The normalized spacial score (nSPS) is 18.7. The number of nitrogens with one attached hydrogen (secondary N) is 1. The van der Waals surface area contributed by atoms with Gasteiger partial charge >= 0.3 is 0 Å². The predicted octanol–water partition coefficient (Wildman–Crippen LogP) is 5.23. The number of halogens is 1. The summed E-state index contributed by atoms with van der Waals surface area (Å²) in [5.74, 6) is 0. The average Bonchev–Trinajstić information content (AvgIpc) is 2.72. The van der Waals surface area contributed by atoms with E-state index < -0.39 is 0 Å². The van der Waals surface area contributed by atoms with E-state index in [2.05, 4.69) is 59.4 Å². The Balaban J connectivity index is 2.06. The summed E-state index contributed by atoms with van der Waals surface area (Å²) in [4.78, 5) is 0. The van der Waals surface area contributed by atoms with Gasteiger partial charge in [0.25, 0.3) is 0 Å². The van der Waals surface area contributed by atoms with Crippen molar-refractivity contribution in [2.75, 3.05) is 6.54 Å². The van der Waals surface area contributed by atoms with Crippen molar-refractivity contribution in [2.24, 2.45) is 0 Å². The molecule has 0 heterocycles. The molecule has 0 bridgehead atoms. The monoisotopic (exact) mass is 353 g/mol. The number of hydrogen-bond acceptors (Lipinski definition) is 2. The number of benzene rings is 1. The largest absolute Gasteiger partial charge is 0.369 e. The summed E-state index contributed by atoms with van der Waals surface area (Å²) in [5.41, 5.74) is 1.26. The van der Waals surface area contributed by atoms with Crippen LogP contribution < -0.4 is 5.32 Å². The van der Waals surface area contributed by atoms with Gasteiger partial charge in [-0.3, -0.25) is 0 Å². The van der Waals surface area contributed by atoms with E-state index in [4.69, 9.17) is 4.74 Å². The van der Waals surface area contributed by atoms with Crippen molar-refractivity contribution in [3.8, 4) is 0 Å². The molecule has 1 saturated carbocycles. The third kappa shape index (κ3) is 5.72. The highest BCUT2D eigenvalue weighted by atomic mass is 79.9. The number of ether oxygens (including phenoxy) is 1. The lowest BCUT2D eigenvalue weighted by atomic mass is 10.1. The van der Waals surface area contributed by atoms with Crippen LogP contribution in [-0.2, 0) is 4.74 Å². The Morgan fingerprint density at radius 3 is 2.43 bits per heavy atom. The fourth-order valence-electron chi connectivity index (χ4n) is 2.92. The van der Waals surface area contributed by atoms with Crippen molar-refractivity contribution in [3.05, 3.63) is 34.3 Å². The lowest BCUT2D eigenvalue weighted by Crippen LogP contribution is -2.31. The number of hydrogen-bond donors (Lipinski definition) is 1. The second-order valence-corrected chi connectivity index (χ2v) is 7.18. The topological polar surface area (TPSA) is 21.3 Å². The standard InChI is InChI=1S/C18H28BrNO/c1-14(2)20-13-18(16-11-7-8-12-17(16)19)21-15-9-5-3-4-6-10-15/h7-8,11-12,14-15,18,20H,3-6,9-10,13H2,1-2H3. The summed E-state index contributed by atoms with van der Waals surface area (Å²) in [6.45, 7) is 5.24. The van der Waals surface area contributed by atoms with Crippen LogP contribution in [0.4, 0.5) is 0 Å². The summed E-state index contributed by atoms with van der Waals surface area (Å²) >= 11 is 3.68. The molecule has 0 aromatic heterocycles. The molecule has 21 heavy (non-hydrogen) atoms. The molecule has 2 nitrogen and oxygen atoms in total. The van der Waals surface area contributed by atoms with Gasteiger partial charge in [0.2, 0.25) is 0 Å². The van der Waals surface area contributed by atoms with Crippen molar-refractivity contribution in [3.63, 3.8) is 0 Å². The van der Waals surface area contributed by atoms with E-state index in [1.807, 2.05) is 0 Å². The molecular formula is C18H28BrNO. The first kappa shape index (κ1) is 17.0. The SMILES string of the molecule is CC(C)NCC(OC1CCCCCC1)c1ccccc1Br. The van der Waals surface area contributed by atoms with Gasteiger partial charge in [0.05, 0.1) is 12.2 Å². The smallest absolute Gasteiger partial charge is 0.0963 e. The highest BCUT2D eigenvalue weighted by molar-refractivity contribution is 9.10. The Labute approximate surface area is 137 Å². The van der Waals surface area contributed by atoms with E-state index in [1.54, 1.807) is 0 Å². The Morgan fingerprint density at radius 1 is 1.14 bits per heavy atom.